The van der Waals surface area contributed by atoms with Gasteiger partial charge in [0.1, 0.15) is 0 Å². The SMILES string of the molecule is O=C(Nc1cc(F)c(F)c(F)c1)c1ccc(Cl)c(S(=O)(=O)CC2CC3CC2[C@H](O)[C@@H]3O)c1. The molecule has 1 amide bonds. The van der Waals surface area contributed by atoms with Gasteiger partial charge in [0.2, 0.25) is 0 Å². The molecule has 3 N–H and O–H groups in total. The average molecular weight is 490 g/mol. The lowest BCUT2D eigenvalue weighted by Gasteiger charge is -2.29. The molecule has 2 fully saturated rings. The Kier molecular flexibility index (Phi) is 6.00. The molecule has 6 nitrogen and oxygen atoms in total. The summed E-state index contributed by atoms with van der Waals surface area (Å²) >= 11 is 6.08. The number of carbonyl (C=O) groups excluding carboxylic acids is 1. The van der Waals surface area contributed by atoms with E-state index in [-0.39, 0.29) is 44.7 Å². The van der Waals surface area contributed by atoms with E-state index in [1.54, 1.807) is 0 Å². The summed E-state index contributed by atoms with van der Waals surface area (Å²) in [5, 5.41) is 22.1. The number of halogens is 4. The van der Waals surface area contributed by atoms with Crippen LogP contribution in [0.25, 0.3) is 0 Å². The zero-order valence-electron chi connectivity index (χ0n) is 16.4. The first-order valence-corrected chi connectivity index (χ1v) is 11.9. The number of sulfone groups is 1. The number of anilines is 1. The summed E-state index contributed by atoms with van der Waals surface area (Å²) in [4.78, 5) is 12.2. The quantitative estimate of drug-likeness (QED) is 0.560. The van der Waals surface area contributed by atoms with E-state index in [1.807, 2.05) is 0 Å². The molecule has 0 aromatic heterocycles. The van der Waals surface area contributed by atoms with Crippen molar-refractivity contribution in [2.24, 2.45) is 17.8 Å². The number of amides is 1. The lowest BCUT2D eigenvalue weighted by atomic mass is 9.86. The van der Waals surface area contributed by atoms with Gasteiger partial charge in [0.15, 0.2) is 27.3 Å². The first-order valence-electron chi connectivity index (χ1n) is 9.82. The van der Waals surface area contributed by atoms with Gasteiger partial charge in [-0.05, 0) is 48.8 Å². The number of carbonyl (C=O) groups is 1. The molecule has 0 radical (unpaired) electrons. The van der Waals surface area contributed by atoms with Gasteiger partial charge in [0.05, 0.1) is 27.9 Å². The molecular formula is C21H19ClF3NO5S. The Bertz CT molecular complexity index is 1170. The second kappa shape index (κ2) is 8.33. The van der Waals surface area contributed by atoms with Gasteiger partial charge >= 0.3 is 0 Å². The molecule has 0 saturated heterocycles. The van der Waals surface area contributed by atoms with Crippen molar-refractivity contribution in [1.29, 1.82) is 0 Å². The molecule has 0 aliphatic heterocycles. The van der Waals surface area contributed by atoms with Gasteiger partial charge in [-0.2, -0.15) is 0 Å². The normalized spacial score (nSPS) is 27.0. The van der Waals surface area contributed by atoms with Gasteiger partial charge in [-0.15, -0.1) is 0 Å². The van der Waals surface area contributed by atoms with Crippen LogP contribution in [0.4, 0.5) is 18.9 Å². The van der Waals surface area contributed by atoms with E-state index in [0.29, 0.717) is 25.0 Å². The number of hydrogen-bond acceptors (Lipinski definition) is 5. The molecule has 172 valence electrons. The summed E-state index contributed by atoms with van der Waals surface area (Å²) in [5.41, 5.74) is -0.484. The van der Waals surface area contributed by atoms with Crippen LogP contribution in [0.15, 0.2) is 35.2 Å². The van der Waals surface area contributed by atoms with Crippen LogP contribution >= 0.6 is 11.6 Å². The fourth-order valence-corrected chi connectivity index (χ4v) is 6.98. The highest BCUT2D eigenvalue weighted by Crippen LogP contribution is 2.49. The average Bonchev–Trinajstić information content (AvgIpc) is 3.24. The summed E-state index contributed by atoms with van der Waals surface area (Å²) in [7, 11) is -3.96. The summed E-state index contributed by atoms with van der Waals surface area (Å²) < 4.78 is 65.9. The zero-order valence-corrected chi connectivity index (χ0v) is 18.0. The molecular weight excluding hydrogens is 471 g/mol. The molecule has 5 atom stereocenters. The van der Waals surface area contributed by atoms with Crippen molar-refractivity contribution >= 4 is 33.0 Å². The van der Waals surface area contributed by atoms with Crippen LogP contribution in [0.3, 0.4) is 0 Å². The Labute approximate surface area is 186 Å². The maximum atomic E-state index is 13.4. The minimum absolute atomic E-state index is 0.107. The van der Waals surface area contributed by atoms with Crippen molar-refractivity contribution in [2.75, 3.05) is 11.1 Å². The van der Waals surface area contributed by atoms with E-state index in [1.165, 1.54) is 12.1 Å². The fraction of sp³-hybridized carbons (Fsp3) is 0.381. The zero-order chi connectivity index (χ0) is 23.4. The smallest absolute Gasteiger partial charge is 0.255 e. The van der Waals surface area contributed by atoms with Gasteiger partial charge in [-0.25, -0.2) is 21.6 Å². The van der Waals surface area contributed by atoms with Crippen LogP contribution in [-0.4, -0.2) is 42.5 Å². The van der Waals surface area contributed by atoms with E-state index >= 15 is 0 Å². The molecule has 2 bridgehead atoms. The van der Waals surface area contributed by atoms with E-state index in [2.05, 4.69) is 5.32 Å². The standard InChI is InChI=1S/C21H19ClF3NO5S/c22-14-2-1-9(21(29)26-12-6-15(23)18(25)16(24)7-12)5-17(14)32(30,31)8-11-3-10-4-13(11)20(28)19(10)27/h1-2,5-7,10-11,13,19-20,27-28H,3-4,8H2,(H,26,29)/t10?,11?,13?,19-,20+/m1/s1. The lowest BCUT2D eigenvalue weighted by molar-refractivity contribution is -0.0304. The molecule has 2 aromatic rings. The summed E-state index contributed by atoms with van der Waals surface area (Å²) in [5.74, 6) is -6.68. The third-order valence-corrected chi connectivity index (χ3v) is 8.58. The molecule has 11 heteroatoms. The highest BCUT2D eigenvalue weighted by Gasteiger charge is 2.52. The van der Waals surface area contributed by atoms with Gasteiger partial charge in [-0.1, -0.05) is 11.6 Å². The number of hydrogen-bond donors (Lipinski definition) is 3. The molecule has 0 heterocycles. The van der Waals surface area contributed by atoms with Crippen molar-refractivity contribution in [1.82, 2.24) is 0 Å². The third-order valence-electron chi connectivity index (χ3n) is 6.26. The van der Waals surface area contributed by atoms with E-state index in [9.17, 15) is 36.6 Å². The summed E-state index contributed by atoms with van der Waals surface area (Å²) in [6, 6.07) is 4.71. The second-order valence-electron chi connectivity index (χ2n) is 8.27. The molecule has 2 aliphatic rings. The first-order chi connectivity index (χ1) is 15.0. The van der Waals surface area contributed by atoms with Crippen molar-refractivity contribution < 1.29 is 36.6 Å². The third kappa shape index (κ3) is 4.12. The number of fused-ring (bicyclic) bond motifs is 2. The fourth-order valence-electron chi connectivity index (χ4n) is 4.71. The molecule has 2 aliphatic carbocycles. The number of nitrogens with one attached hydrogen (secondary N) is 1. The first kappa shape index (κ1) is 23.0. The highest BCUT2D eigenvalue weighted by atomic mass is 35.5. The number of aliphatic hydroxyl groups is 2. The second-order valence-corrected chi connectivity index (χ2v) is 10.7. The van der Waals surface area contributed by atoms with Crippen molar-refractivity contribution in [2.45, 2.75) is 29.9 Å². The molecule has 2 aromatic carbocycles. The van der Waals surface area contributed by atoms with Gasteiger partial charge in [0.25, 0.3) is 5.91 Å². The van der Waals surface area contributed by atoms with Crippen LogP contribution < -0.4 is 5.32 Å². The van der Waals surface area contributed by atoms with Gasteiger partial charge in [0, 0.05) is 23.4 Å². The summed E-state index contributed by atoms with van der Waals surface area (Å²) in [6.07, 6.45) is -0.820. The van der Waals surface area contributed by atoms with Crippen molar-refractivity contribution in [3.63, 3.8) is 0 Å². The minimum Gasteiger partial charge on any atom is -0.390 e. The molecule has 0 spiro atoms. The predicted molar refractivity (Wildman–Crippen MR) is 109 cm³/mol. The molecule has 3 unspecified atom stereocenters. The van der Waals surface area contributed by atoms with Crippen LogP contribution in [0, 0.1) is 35.2 Å². The van der Waals surface area contributed by atoms with Gasteiger partial charge in [-0.3, -0.25) is 4.79 Å². The Morgan fingerprint density at radius 2 is 1.72 bits per heavy atom. The van der Waals surface area contributed by atoms with E-state index in [0.717, 1.165) is 6.07 Å². The van der Waals surface area contributed by atoms with Crippen molar-refractivity contribution in [3.05, 3.63) is 58.4 Å². The maximum Gasteiger partial charge on any atom is 0.255 e. The van der Waals surface area contributed by atoms with Crippen LogP contribution in [0.1, 0.15) is 23.2 Å². The van der Waals surface area contributed by atoms with E-state index in [4.69, 9.17) is 11.6 Å². The lowest BCUT2D eigenvalue weighted by Crippen LogP contribution is -2.38. The molecule has 2 saturated carbocycles. The number of aliphatic hydroxyl groups excluding tert-OH is 2. The summed E-state index contributed by atoms with van der Waals surface area (Å²) in [6.45, 7) is 0. The monoisotopic (exact) mass is 489 g/mol. The minimum atomic E-state index is -3.96. The predicted octanol–water partition coefficient (Wildman–Crippen LogP) is 3.16. The highest BCUT2D eigenvalue weighted by molar-refractivity contribution is 7.91. The van der Waals surface area contributed by atoms with Crippen LogP contribution in [0.5, 0.6) is 0 Å². The van der Waals surface area contributed by atoms with Crippen LogP contribution in [0.2, 0.25) is 5.02 Å². The number of rotatable bonds is 5. The van der Waals surface area contributed by atoms with E-state index < -0.39 is 45.4 Å². The maximum absolute atomic E-state index is 13.4. The van der Waals surface area contributed by atoms with Gasteiger partial charge < -0.3 is 15.5 Å². The Morgan fingerprint density at radius 3 is 2.31 bits per heavy atom. The Balaban J connectivity index is 1.55. The Hall–Kier alpha value is -2.14. The van der Waals surface area contributed by atoms with Crippen molar-refractivity contribution in [3.8, 4) is 0 Å². The number of benzene rings is 2. The largest absolute Gasteiger partial charge is 0.390 e. The molecule has 4 rings (SSSR count). The topological polar surface area (TPSA) is 104 Å². The van der Waals surface area contributed by atoms with Crippen LogP contribution in [-0.2, 0) is 9.84 Å². The molecule has 32 heavy (non-hydrogen) atoms. The Morgan fingerprint density at radius 1 is 1.06 bits per heavy atom.